The molecule has 32 heavy (non-hydrogen) atoms. The van der Waals surface area contributed by atoms with Gasteiger partial charge in [-0.2, -0.15) is 4.90 Å². The van der Waals surface area contributed by atoms with Crippen molar-refractivity contribution >= 4 is 29.3 Å². The van der Waals surface area contributed by atoms with E-state index in [2.05, 4.69) is 0 Å². The van der Waals surface area contributed by atoms with E-state index in [4.69, 9.17) is 9.47 Å². The summed E-state index contributed by atoms with van der Waals surface area (Å²) < 4.78 is 10.7. The number of nitrogens with zero attached hydrogens (tertiary/aromatic N) is 2. The third-order valence-electron chi connectivity index (χ3n) is 3.87. The second kappa shape index (κ2) is 9.17. The molecule has 0 aliphatic carbocycles. The molecule has 0 radical (unpaired) electrons. The molecule has 0 bridgehead atoms. The maximum atomic E-state index is 13.2. The fourth-order valence-electron chi connectivity index (χ4n) is 2.64. The molecule has 0 N–H and O–H groups in total. The Hall–Kier alpha value is -3.75. The molecule has 0 aliphatic heterocycles. The number of carbonyl (C=O) groups is 3. The lowest BCUT2D eigenvalue weighted by atomic mass is 10.0. The van der Waals surface area contributed by atoms with Crippen molar-refractivity contribution < 1.29 is 28.8 Å². The van der Waals surface area contributed by atoms with Gasteiger partial charge in [0.1, 0.15) is 11.2 Å². The first-order chi connectivity index (χ1) is 14.7. The van der Waals surface area contributed by atoms with Crippen molar-refractivity contribution in [2.45, 2.75) is 52.7 Å². The van der Waals surface area contributed by atoms with Crippen LogP contribution in [0.15, 0.2) is 48.5 Å². The summed E-state index contributed by atoms with van der Waals surface area (Å²) in [5.74, 6) is -0.535. The summed E-state index contributed by atoms with van der Waals surface area (Å²) in [6.07, 6.45) is -2.26. The molecule has 2 rings (SSSR count). The minimum atomic E-state index is -1.13. The molecule has 9 nitrogen and oxygen atoms in total. The summed E-state index contributed by atoms with van der Waals surface area (Å²) in [6.45, 7) is 9.59. The maximum absolute atomic E-state index is 13.2. The zero-order chi connectivity index (χ0) is 24.3. The molecule has 0 saturated carbocycles. The number of non-ortho nitro benzene ring substituents is 1. The lowest BCUT2D eigenvalue weighted by Gasteiger charge is -2.29. The number of carbonyl (C=O) groups excluding carboxylic acids is 3. The average Bonchev–Trinajstić information content (AvgIpc) is 2.65. The lowest BCUT2D eigenvalue weighted by Crippen LogP contribution is -2.44. The van der Waals surface area contributed by atoms with Gasteiger partial charge in [0.15, 0.2) is 5.78 Å². The first-order valence-corrected chi connectivity index (χ1v) is 9.84. The number of nitro groups is 1. The fourth-order valence-corrected chi connectivity index (χ4v) is 2.64. The number of imide groups is 1. The van der Waals surface area contributed by atoms with Crippen LogP contribution in [0.1, 0.15) is 57.5 Å². The van der Waals surface area contributed by atoms with Crippen molar-refractivity contribution in [1.29, 1.82) is 0 Å². The molecule has 2 aromatic rings. The van der Waals surface area contributed by atoms with E-state index in [1.165, 1.54) is 6.07 Å². The lowest BCUT2D eigenvalue weighted by molar-refractivity contribution is -0.384. The van der Waals surface area contributed by atoms with E-state index in [-0.39, 0.29) is 16.8 Å². The number of nitro benzene ring substituents is 1. The Morgan fingerprint density at radius 1 is 0.844 bits per heavy atom. The van der Waals surface area contributed by atoms with Crippen LogP contribution in [0.3, 0.4) is 0 Å². The topological polar surface area (TPSA) is 116 Å². The molecule has 0 aromatic heterocycles. The summed E-state index contributed by atoms with van der Waals surface area (Å²) in [5, 5.41) is 11.4. The van der Waals surface area contributed by atoms with E-state index in [1.807, 2.05) is 0 Å². The van der Waals surface area contributed by atoms with Gasteiger partial charge in [-0.15, -0.1) is 0 Å². The Bertz CT molecular complexity index is 1010. The number of hydrogen-bond donors (Lipinski definition) is 0. The zero-order valence-corrected chi connectivity index (χ0v) is 18.9. The highest BCUT2D eigenvalue weighted by molar-refractivity contribution is 6.18. The standard InChI is InChI=1S/C23H26N2O7/c1-22(2,3)31-20(27)24(21(28)32-23(4,5)6)18-14-16(25(29)30)12-13-17(18)19(26)15-10-8-7-9-11-15/h7-14H,1-6H3. The first-order valence-electron chi connectivity index (χ1n) is 9.84. The number of hydrogen-bond acceptors (Lipinski definition) is 7. The van der Waals surface area contributed by atoms with Crippen molar-refractivity contribution in [2.75, 3.05) is 4.90 Å². The molecular weight excluding hydrogens is 416 g/mol. The van der Waals surface area contributed by atoms with Gasteiger partial charge in [-0.1, -0.05) is 30.3 Å². The summed E-state index contributed by atoms with van der Waals surface area (Å²) >= 11 is 0. The van der Waals surface area contributed by atoms with Crippen molar-refractivity contribution in [3.63, 3.8) is 0 Å². The van der Waals surface area contributed by atoms with Crippen molar-refractivity contribution in [3.05, 3.63) is 69.8 Å². The molecule has 2 amide bonds. The molecule has 0 fully saturated rings. The van der Waals surface area contributed by atoms with Crippen LogP contribution in [0.5, 0.6) is 0 Å². The fraction of sp³-hybridized carbons (Fsp3) is 0.348. The molecule has 0 aliphatic rings. The van der Waals surface area contributed by atoms with Crippen LogP contribution in [-0.4, -0.2) is 34.1 Å². The van der Waals surface area contributed by atoms with Gasteiger partial charge in [-0.25, -0.2) is 9.59 Å². The monoisotopic (exact) mass is 442 g/mol. The largest absolute Gasteiger partial charge is 0.443 e. The quantitative estimate of drug-likeness (QED) is 0.348. The smallest absolute Gasteiger partial charge is 0.424 e. The number of anilines is 1. The third kappa shape index (κ3) is 6.37. The van der Waals surface area contributed by atoms with Gasteiger partial charge in [-0.05, 0) is 47.6 Å². The molecule has 9 heteroatoms. The minimum absolute atomic E-state index is 0.0986. The number of rotatable bonds is 4. The normalized spacial score (nSPS) is 11.4. The second-order valence-electron chi connectivity index (χ2n) is 8.95. The van der Waals surface area contributed by atoms with E-state index < -0.39 is 39.8 Å². The van der Waals surface area contributed by atoms with E-state index in [0.717, 1.165) is 12.1 Å². The Morgan fingerprint density at radius 2 is 1.34 bits per heavy atom. The van der Waals surface area contributed by atoms with Gasteiger partial charge in [0, 0.05) is 23.3 Å². The van der Waals surface area contributed by atoms with Crippen LogP contribution < -0.4 is 4.90 Å². The van der Waals surface area contributed by atoms with E-state index in [9.17, 15) is 24.5 Å². The van der Waals surface area contributed by atoms with Crippen molar-refractivity contribution in [3.8, 4) is 0 Å². The van der Waals surface area contributed by atoms with Gasteiger partial charge in [-0.3, -0.25) is 14.9 Å². The number of amides is 2. The second-order valence-corrected chi connectivity index (χ2v) is 8.95. The van der Waals surface area contributed by atoms with E-state index in [1.54, 1.807) is 71.9 Å². The number of benzene rings is 2. The summed E-state index contributed by atoms with van der Waals surface area (Å²) in [7, 11) is 0. The highest BCUT2D eigenvalue weighted by atomic mass is 16.6. The molecular formula is C23H26N2O7. The molecule has 2 aromatic carbocycles. The zero-order valence-electron chi connectivity index (χ0n) is 18.9. The van der Waals surface area contributed by atoms with Crippen LogP contribution in [-0.2, 0) is 9.47 Å². The Morgan fingerprint density at radius 3 is 1.78 bits per heavy atom. The van der Waals surface area contributed by atoms with Crippen molar-refractivity contribution in [2.24, 2.45) is 0 Å². The summed E-state index contributed by atoms with van der Waals surface area (Å²) in [6, 6.07) is 11.4. The predicted octanol–water partition coefficient (Wildman–Crippen LogP) is 5.50. The maximum Gasteiger partial charge on any atom is 0.424 e. The summed E-state index contributed by atoms with van der Waals surface area (Å²) in [5.41, 5.74) is -2.52. The molecule has 0 atom stereocenters. The van der Waals surface area contributed by atoms with Gasteiger partial charge in [0.05, 0.1) is 10.6 Å². The molecule has 0 saturated heterocycles. The molecule has 0 heterocycles. The SMILES string of the molecule is CC(C)(C)OC(=O)N(C(=O)OC(C)(C)C)c1cc([N+](=O)[O-])ccc1C(=O)c1ccccc1. The van der Waals surface area contributed by atoms with Crippen LogP contribution in [0.2, 0.25) is 0 Å². The van der Waals surface area contributed by atoms with E-state index in [0.29, 0.717) is 4.90 Å². The van der Waals surface area contributed by atoms with Crippen LogP contribution in [0.4, 0.5) is 21.0 Å². The predicted molar refractivity (Wildman–Crippen MR) is 118 cm³/mol. The highest BCUT2D eigenvalue weighted by Crippen LogP contribution is 2.31. The third-order valence-corrected chi connectivity index (χ3v) is 3.87. The van der Waals surface area contributed by atoms with Gasteiger partial charge >= 0.3 is 12.2 Å². The molecule has 170 valence electrons. The van der Waals surface area contributed by atoms with Gasteiger partial charge in [0.2, 0.25) is 0 Å². The van der Waals surface area contributed by atoms with Crippen molar-refractivity contribution in [1.82, 2.24) is 0 Å². The average molecular weight is 442 g/mol. The van der Waals surface area contributed by atoms with Crippen LogP contribution in [0.25, 0.3) is 0 Å². The van der Waals surface area contributed by atoms with Gasteiger partial charge in [0.25, 0.3) is 5.69 Å². The molecule has 0 spiro atoms. The van der Waals surface area contributed by atoms with Crippen LogP contribution >= 0.6 is 0 Å². The Balaban J connectivity index is 2.72. The highest BCUT2D eigenvalue weighted by Gasteiger charge is 2.36. The van der Waals surface area contributed by atoms with Crippen LogP contribution in [0, 0.1) is 10.1 Å². The van der Waals surface area contributed by atoms with E-state index >= 15 is 0 Å². The van der Waals surface area contributed by atoms with Gasteiger partial charge < -0.3 is 9.47 Å². The summed E-state index contributed by atoms with van der Waals surface area (Å²) in [4.78, 5) is 50.4. The number of ketones is 1. The first kappa shape index (κ1) is 24.5. The Kier molecular flexibility index (Phi) is 7.03. The minimum Gasteiger partial charge on any atom is -0.443 e. The number of ether oxygens (including phenoxy) is 2. The Labute approximate surface area is 186 Å². The molecule has 0 unspecified atom stereocenters.